The summed E-state index contributed by atoms with van der Waals surface area (Å²) in [5.74, 6) is 0. The Balaban J connectivity index is 2.73. The first-order valence-corrected chi connectivity index (χ1v) is 5.45. The largest absolute Gasteiger partial charge is 0.385 e. The molecule has 0 aliphatic rings. The quantitative estimate of drug-likeness (QED) is 0.860. The molecule has 2 rings (SSSR count). The maximum absolute atomic E-state index is 6.06. The summed E-state index contributed by atoms with van der Waals surface area (Å²) in [6, 6.07) is 5.49. The molecule has 0 aliphatic heterocycles. The Morgan fingerprint density at radius 1 is 1.33 bits per heavy atom. The Bertz CT molecular complexity index is 497. The van der Waals surface area contributed by atoms with Gasteiger partial charge in [-0.05, 0) is 25.1 Å². The standard InChI is InChI=1S/C11H10Cl2N2/c1-2-14-10-3-4-15-11-8(10)5-7(12)6-9(11)13/h3-6H,2H2,1H3,(H,14,15). The van der Waals surface area contributed by atoms with E-state index in [0.717, 1.165) is 23.1 Å². The monoisotopic (exact) mass is 240 g/mol. The van der Waals surface area contributed by atoms with Crippen LogP contribution < -0.4 is 5.32 Å². The van der Waals surface area contributed by atoms with Crippen LogP contribution in [0.4, 0.5) is 5.69 Å². The van der Waals surface area contributed by atoms with Gasteiger partial charge < -0.3 is 5.32 Å². The van der Waals surface area contributed by atoms with Crippen LogP contribution in [0.3, 0.4) is 0 Å². The smallest absolute Gasteiger partial charge is 0.0909 e. The summed E-state index contributed by atoms with van der Waals surface area (Å²) in [6.45, 7) is 2.89. The maximum atomic E-state index is 6.06. The highest BCUT2D eigenvalue weighted by Crippen LogP contribution is 2.30. The number of pyridine rings is 1. The highest BCUT2D eigenvalue weighted by Gasteiger charge is 2.06. The van der Waals surface area contributed by atoms with Crippen LogP contribution in [0.2, 0.25) is 10.0 Å². The summed E-state index contributed by atoms with van der Waals surface area (Å²) < 4.78 is 0. The Hall–Kier alpha value is -0.990. The number of halogens is 2. The van der Waals surface area contributed by atoms with Crippen molar-refractivity contribution >= 4 is 39.8 Å². The van der Waals surface area contributed by atoms with Gasteiger partial charge in [0.1, 0.15) is 0 Å². The molecule has 0 aliphatic carbocycles. The van der Waals surface area contributed by atoms with Gasteiger partial charge in [-0.25, -0.2) is 0 Å². The average molecular weight is 241 g/mol. The van der Waals surface area contributed by atoms with Crippen molar-refractivity contribution in [3.63, 3.8) is 0 Å². The number of anilines is 1. The van der Waals surface area contributed by atoms with E-state index < -0.39 is 0 Å². The molecule has 1 N–H and O–H groups in total. The van der Waals surface area contributed by atoms with Gasteiger partial charge in [-0.3, -0.25) is 4.98 Å². The van der Waals surface area contributed by atoms with Crippen LogP contribution in [0.1, 0.15) is 6.92 Å². The predicted octanol–water partition coefficient (Wildman–Crippen LogP) is 3.97. The van der Waals surface area contributed by atoms with E-state index in [4.69, 9.17) is 23.2 Å². The van der Waals surface area contributed by atoms with E-state index in [-0.39, 0.29) is 0 Å². The van der Waals surface area contributed by atoms with Gasteiger partial charge in [0.05, 0.1) is 10.5 Å². The van der Waals surface area contributed by atoms with Crippen molar-refractivity contribution in [1.29, 1.82) is 0 Å². The zero-order chi connectivity index (χ0) is 10.8. The fourth-order valence-electron chi connectivity index (χ4n) is 1.52. The maximum Gasteiger partial charge on any atom is 0.0909 e. The lowest BCUT2D eigenvalue weighted by atomic mass is 10.2. The minimum atomic E-state index is 0.581. The molecule has 2 nitrogen and oxygen atoms in total. The molecule has 0 amide bonds. The van der Waals surface area contributed by atoms with Crippen molar-refractivity contribution < 1.29 is 0 Å². The van der Waals surface area contributed by atoms with Gasteiger partial charge in [-0.15, -0.1) is 0 Å². The van der Waals surface area contributed by atoms with Gasteiger partial charge in [0.2, 0.25) is 0 Å². The molecule has 15 heavy (non-hydrogen) atoms. The first-order chi connectivity index (χ1) is 7.22. The van der Waals surface area contributed by atoms with E-state index in [1.807, 2.05) is 19.1 Å². The third-order valence-corrected chi connectivity index (χ3v) is 2.64. The van der Waals surface area contributed by atoms with Gasteiger partial charge in [0, 0.05) is 28.8 Å². The summed E-state index contributed by atoms with van der Waals surface area (Å²) in [4.78, 5) is 4.23. The van der Waals surface area contributed by atoms with Crippen LogP contribution >= 0.6 is 23.2 Å². The fraction of sp³-hybridized carbons (Fsp3) is 0.182. The van der Waals surface area contributed by atoms with Crippen LogP contribution in [-0.2, 0) is 0 Å². The number of aromatic nitrogens is 1. The molecule has 0 saturated heterocycles. The predicted molar refractivity (Wildman–Crippen MR) is 65.9 cm³/mol. The van der Waals surface area contributed by atoms with Gasteiger partial charge in [-0.2, -0.15) is 0 Å². The summed E-state index contributed by atoms with van der Waals surface area (Å²) >= 11 is 12.0. The molecule has 2 aromatic rings. The third kappa shape index (κ3) is 2.01. The topological polar surface area (TPSA) is 24.9 Å². The van der Waals surface area contributed by atoms with E-state index in [0.29, 0.717) is 10.0 Å². The SMILES string of the molecule is CCNc1ccnc2c(Cl)cc(Cl)cc12. The molecule has 0 radical (unpaired) electrons. The number of rotatable bonds is 2. The van der Waals surface area contributed by atoms with Gasteiger partial charge in [0.25, 0.3) is 0 Å². The molecule has 0 unspecified atom stereocenters. The molecule has 1 heterocycles. The summed E-state index contributed by atoms with van der Waals surface area (Å²) in [5.41, 5.74) is 1.78. The van der Waals surface area contributed by atoms with Gasteiger partial charge in [0.15, 0.2) is 0 Å². The van der Waals surface area contributed by atoms with E-state index in [1.54, 1.807) is 12.3 Å². The second kappa shape index (κ2) is 4.25. The van der Waals surface area contributed by atoms with E-state index in [2.05, 4.69) is 10.3 Å². The molecule has 1 aromatic carbocycles. The van der Waals surface area contributed by atoms with Crippen molar-refractivity contribution in [2.24, 2.45) is 0 Å². The summed E-state index contributed by atoms with van der Waals surface area (Å²) in [6.07, 6.45) is 1.74. The molecular formula is C11H10Cl2N2. The molecule has 0 saturated carbocycles. The minimum Gasteiger partial charge on any atom is -0.385 e. The number of hydrogen-bond acceptors (Lipinski definition) is 2. The Morgan fingerprint density at radius 2 is 2.13 bits per heavy atom. The molecule has 1 aromatic heterocycles. The number of nitrogens with one attached hydrogen (secondary N) is 1. The van der Waals surface area contributed by atoms with Crippen LogP contribution in [0.15, 0.2) is 24.4 Å². The molecular weight excluding hydrogens is 231 g/mol. The van der Waals surface area contributed by atoms with Crippen LogP contribution in [-0.4, -0.2) is 11.5 Å². The fourth-order valence-corrected chi connectivity index (χ4v) is 2.07. The van der Waals surface area contributed by atoms with Crippen molar-refractivity contribution in [3.05, 3.63) is 34.4 Å². The molecule has 4 heteroatoms. The Morgan fingerprint density at radius 3 is 2.87 bits per heavy atom. The van der Waals surface area contributed by atoms with Crippen molar-refractivity contribution in [2.45, 2.75) is 6.92 Å². The molecule has 78 valence electrons. The van der Waals surface area contributed by atoms with E-state index in [9.17, 15) is 0 Å². The second-order valence-corrected chi connectivity index (χ2v) is 4.02. The van der Waals surface area contributed by atoms with E-state index in [1.165, 1.54) is 0 Å². The Labute approximate surface area is 98.2 Å². The highest BCUT2D eigenvalue weighted by molar-refractivity contribution is 6.38. The zero-order valence-corrected chi connectivity index (χ0v) is 9.73. The Kier molecular flexibility index (Phi) is 2.98. The molecule has 0 bridgehead atoms. The lowest BCUT2D eigenvalue weighted by molar-refractivity contribution is 1.21. The third-order valence-electron chi connectivity index (χ3n) is 2.13. The minimum absolute atomic E-state index is 0.581. The normalized spacial score (nSPS) is 10.6. The lowest BCUT2D eigenvalue weighted by Gasteiger charge is -2.08. The molecule has 0 fully saturated rings. The zero-order valence-electron chi connectivity index (χ0n) is 8.22. The second-order valence-electron chi connectivity index (χ2n) is 3.17. The first-order valence-electron chi connectivity index (χ1n) is 4.70. The van der Waals surface area contributed by atoms with Crippen LogP contribution in [0.5, 0.6) is 0 Å². The lowest BCUT2D eigenvalue weighted by Crippen LogP contribution is -1.97. The summed E-state index contributed by atoms with van der Waals surface area (Å²) in [7, 11) is 0. The number of hydrogen-bond donors (Lipinski definition) is 1. The highest BCUT2D eigenvalue weighted by atomic mass is 35.5. The average Bonchev–Trinajstić information content (AvgIpc) is 2.19. The van der Waals surface area contributed by atoms with Gasteiger partial charge >= 0.3 is 0 Å². The van der Waals surface area contributed by atoms with Crippen molar-refractivity contribution in [1.82, 2.24) is 4.98 Å². The number of fused-ring (bicyclic) bond motifs is 1. The van der Waals surface area contributed by atoms with Crippen LogP contribution in [0.25, 0.3) is 10.9 Å². The number of nitrogens with zero attached hydrogens (tertiary/aromatic N) is 1. The van der Waals surface area contributed by atoms with Crippen LogP contribution in [0, 0.1) is 0 Å². The summed E-state index contributed by atoms with van der Waals surface area (Å²) in [5, 5.41) is 5.41. The molecule has 0 atom stereocenters. The first kappa shape index (κ1) is 10.5. The van der Waals surface area contributed by atoms with E-state index >= 15 is 0 Å². The molecule has 0 spiro atoms. The van der Waals surface area contributed by atoms with Gasteiger partial charge in [-0.1, -0.05) is 23.2 Å². The number of benzene rings is 1. The van der Waals surface area contributed by atoms with Crippen molar-refractivity contribution in [3.8, 4) is 0 Å². The van der Waals surface area contributed by atoms with Crippen molar-refractivity contribution in [2.75, 3.05) is 11.9 Å².